The lowest BCUT2D eigenvalue weighted by atomic mass is 10.1. The highest BCUT2D eigenvalue weighted by Gasteiger charge is 2.22. The van der Waals surface area contributed by atoms with Gasteiger partial charge in [0.2, 0.25) is 10.0 Å². The molecule has 0 bridgehead atoms. The number of thiazole rings is 1. The summed E-state index contributed by atoms with van der Waals surface area (Å²) in [4.78, 5) is 19.2. The Morgan fingerprint density at radius 1 is 1.19 bits per heavy atom. The monoisotopic (exact) mass is 456 g/mol. The van der Waals surface area contributed by atoms with Crippen LogP contribution in [0.5, 0.6) is 0 Å². The molecule has 31 heavy (non-hydrogen) atoms. The highest BCUT2D eigenvalue weighted by molar-refractivity contribution is 7.89. The van der Waals surface area contributed by atoms with Crippen molar-refractivity contribution in [1.82, 2.24) is 9.71 Å². The number of carbonyl (C=O) groups excluding carboxylic acids is 1. The molecule has 0 radical (unpaired) electrons. The molecule has 1 aromatic heterocycles. The lowest BCUT2D eigenvalue weighted by Crippen LogP contribution is -2.30. The van der Waals surface area contributed by atoms with E-state index in [0.717, 1.165) is 23.1 Å². The lowest BCUT2D eigenvalue weighted by Gasteiger charge is -2.23. The number of benzene rings is 2. The average Bonchev–Trinajstić information content (AvgIpc) is 3.12. The fourth-order valence-electron chi connectivity index (χ4n) is 2.95. The van der Waals surface area contributed by atoms with Gasteiger partial charge in [-0.15, -0.1) is 11.3 Å². The number of hydrogen-bond donors (Lipinski definition) is 2. The van der Waals surface area contributed by atoms with Crippen molar-refractivity contribution in [3.05, 3.63) is 75.8 Å². The molecule has 10 heteroatoms. The van der Waals surface area contributed by atoms with Crippen LogP contribution < -0.4 is 9.62 Å². The van der Waals surface area contributed by atoms with Gasteiger partial charge in [-0.1, -0.05) is 24.3 Å². The molecule has 2 aromatic carbocycles. The number of anilines is 2. The molecule has 1 heterocycles. The van der Waals surface area contributed by atoms with Gasteiger partial charge in [-0.25, -0.2) is 18.1 Å². The van der Waals surface area contributed by atoms with E-state index >= 15 is 0 Å². The summed E-state index contributed by atoms with van der Waals surface area (Å²) >= 11 is 1.25. The number of aliphatic hydroxyl groups is 1. The number of nitrogens with zero attached hydrogens (tertiary/aromatic N) is 3. The Morgan fingerprint density at radius 2 is 1.84 bits per heavy atom. The summed E-state index contributed by atoms with van der Waals surface area (Å²) in [6.07, 6.45) is 0.905. The van der Waals surface area contributed by atoms with Crippen molar-refractivity contribution in [2.45, 2.75) is 20.1 Å². The molecule has 0 aliphatic rings. The van der Waals surface area contributed by atoms with Gasteiger partial charge in [0.25, 0.3) is 5.91 Å². The van der Waals surface area contributed by atoms with Gasteiger partial charge in [-0.05, 0) is 42.3 Å². The maximum atomic E-state index is 12.4. The van der Waals surface area contributed by atoms with Gasteiger partial charge in [-0.3, -0.25) is 4.79 Å². The fourth-order valence-corrected chi connectivity index (χ4v) is 4.31. The zero-order valence-corrected chi connectivity index (χ0v) is 18.5. The Labute approximate surface area is 184 Å². The summed E-state index contributed by atoms with van der Waals surface area (Å²) < 4.78 is 24.8. The summed E-state index contributed by atoms with van der Waals surface area (Å²) in [5.74, 6) is -0.793. The van der Waals surface area contributed by atoms with Crippen LogP contribution in [0.1, 0.15) is 32.1 Å². The summed E-state index contributed by atoms with van der Waals surface area (Å²) in [5, 5.41) is 19.3. The van der Waals surface area contributed by atoms with Crippen molar-refractivity contribution >= 4 is 38.1 Å². The highest BCUT2D eigenvalue weighted by atomic mass is 32.2. The van der Waals surface area contributed by atoms with Crippen molar-refractivity contribution < 1.29 is 18.3 Å². The maximum Gasteiger partial charge on any atom is 0.284 e. The first-order chi connectivity index (χ1) is 14.7. The van der Waals surface area contributed by atoms with Gasteiger partial charge in [0.15, 0.2) is 5.13 Å². The first kappa shape index (κ1) is 22.4. The molecule has 2 N–H and O–H groups in total. The minimum Gasteiger partial charge on any atom is -0.392 e. The van der Waals surface area contributed by atoms with Crippen molar-refractivity contribution in [2.75, 3.05) is 11.2 Å². The molecule has 8 nitrogen and oxygen atoms in total. The Kier molecular flexibility index (Phi) is 6.70. The van der Waals surface area contributed by atoms with Gasteiger partial charge in [0, 0.05) is 10.6 Å². The van der Waals surface area contributed by atoms with Gasteiger partial charge in [0.1, 0.15) is 5.69 Å². The average molecular weight is 457 g/mol. The number of nitrogens with one attached hydrogen (secondary N) is 1. The van der Waals surface area contributed by atoms with Gasteiger partial charge >= 0.3 is 0 Å². The van der Waals surface area contributed by atoms with Crippen LogP contribution in [0.3, 0.4) is 0 Å². The highest BCUT2D eigenvalue weighted by Crippen LogP contribution is 2.33. The number of aliphatic hydroxyl groups excluding tert-OH is 1. The Hall–Kier alpha value is -3.26. The topological polar surface area (TPSA) is 123 Å². The molecule has 0 aliphatic carbocycles. The van der Waals surface area contributed by atoms with Gasteiger partial charge in [-0.2, -0.15) is 5.26 Å². The van der Waals surface area contributed by atoms with Crippen molar-refractivity contribution in [3.8, 4) is 6.07 Å². The molecule has 0 spiro atoms. The molecule has 3 rings (SSSR count). The largest absolute Gasteiger partial charge is 0.392 e. The van der Waals surface area contributed by atoms with E-state index < -0.39 is 15.9 Å². The van der Waals surface area contributed by atoms with E-state index in [1.165, 1.54) is 11.3 Å². The van der Waals surface area contributed by atoms with Crippen LogP contribution in [0.25, 0.3) is 0 Å². The first-order valence-corrected chi connectivity index (χ1v) is 11.9. The van der Waals surface area contributed by atoms with Gasteiger partial charge < -0.3 is 10.0 Å². The predicted molar refractivity (Wildman–Crippen MR) is 119 cm³/mol. The Morgan fingerprint density at radius 3 is 2.42 bits per heavy atom. The SMILES string of the molecule is Cc1sc(N(Cc2ccccc2CO)c2ccc(C#N)cc2)nc1C(=O)NS(C)(=O)=O. The standard InChI is InChI=1S/C21H20N4O4S2/c1-14-19(20(27)24-31(2,28)29)23-21(30-14)25(18-9-7-15(11-22)8-10-18)12-16-5-3-4-6-17(16)13-26/h3-10,26H,12-13H2,1-2H3,(H,24,27). The van der Waals surface area contributed by atoms with Crippen molar-refractivity contribution in [1.29, 1.82) is 5.26 Å². The molecule has 3 aromatic rings. The molecule has 0 aliphatic heterocycles. The van der Waals surface area contributed by atoms with Crippen molar-refractivity contribution in [2.24, 2.45) is 0 Å². The fraction of sp³-hybridized carbons (Fsp3) is 0.190. The Bertz CT molecular complexity index is 1250. The third kappa shape index (κ3) is 5.46. The van der Waals surface area contributed by atoms with Crippen LogP contribution in [-0.2, 0) is 23.2 Å². The second kappa shape index (κ2) is 9.26. The number of rotatable bonds is 7. The summed E-state index contributed by atoms with van der Waals surface area (Å²) in [6.45, 7) is 1.91. The second-order valence-corrected chi connectivity index (χ2v) is 9.71. The third-order valence-corrected chi connectivity index (χ3v) is 5.98. The Balaban J connectivity index is 2.05. The summed E-state index contributed by atoms with van der Waals surface area (Å²) in [7, 11) is -3.72. The van der Waals surface area contributed by atoms with Crippen LogP contribution in [0, 0.1) is 18.3 Å². The quantitative estimate of drug-likeness (QED) is 0.560. The van der Waals surface area contributed by atoms with E-state index in [-0.39, 0.29) is 12.3 Å². The van der Waals surface area contributed by atoms with Crippen LogP contribution in [0.4, 0.5) is 10.8 Å². The van der Waals surface area contributed by atoms with E-state index in [1.54, 1.807) is 31.2 Å². The maximum absolute atomic E-state index is 12.4. The number of sulfonamides is 1. The van der Waals surface area contributed by atoms with E-state index in [4.69, 9.17) is 5.26 Å². The third-order valence-electron chi connectivity index (χ3n) is 4.43. The number of carbonyl (C=O) groups is 1. The first-order valence-electron chi connectivity index (χ1n) is 9.16. The molecule has 0 unspecified atom stereocenters. The zero-order chi connectivity index (χ0) is 22.6. The lowest BCUT2D eigenvalue weighted by molar-refractivity contribution is 0.0977. The minimum absolute atomic E-state index is 0.0273. The molecular formula is C21H20N4O4S2. The zero-order valence-electron chi connectivity index (χ0n) is 16.9. The van der Waals surface area contributed by atoms with Gasteiger partial charge in [0.05, 0.1) is 31.0 Å². The summed E-state index contributed by atoms with van der Waals surface area (Å²) in [6, 6.07) is 16.4. The van der Waals surface area contributed by atoms with Crippen LogP contribution in [0.15, 0.2) is 48.5 Å². The molecule has 1 amide bonds. The van der Waals surface area contributed by atoms with Crippen LogP contribution >= 0.6 is 11.3 Å². The van der Waals surface area contributed by atoms with Crippen molar-refractivity contribution in [3.63, 3.8) is 0 Å². The van der Waals surface area contributed by atoms with E-state index in [0.29, 0.717) is 22.1 Å². The van der Waals surface area contributed by atoms with E-state index in [2.05, 4.69) is 11.1 Å². The molecule has 0 atom stereocenters. The van der Waals surface area contributed by atoms with Crippen LogP contribution in [0.2, 0.25) is 0 Å². The molecule has 0 saturated heterocycles. The summed E-state index contributed by atoms with van der Waals surface area (Å²) in [5.41, 5.74) is 2.88. The minimum atomic E-state index is -3.72. The number of aryl methyl sites for hydroxylation is 1. The molecular weight excluding hydrogens is 436 g/mol. The number of aromatic nitrogens is 1. The smallest absolute Gasteiger partial charge is 0.284 e. The number of nitriles is 1. The normalized spacial score (nSPS) is 11.0. The van der Waals surface area contributed by atoms with Crippen LogP contribution in [-0.4, -0.2) is 30.7 Å². The van der Waals surface area contributed by atoms with E-state index in [9.17, 15) is 18.3 Å². The number of amides is 1. The predicted octanol–water partition coefficient (Wildman–Crippen LogP) is 2.84. The molecule has 160 valence electrons. The molecule has 0 fully saturated rings. The van der Waals surface area contributed by atoms with E-state index in [1.807, 2.05) is 33.9 Å². The number of hydrogen-bond acceptors (Lipinski definition) is 8. The molecule has 0 saturated carbocycles. The second-order valence-electron chi connectivity index (χ2n) is 6.78.